The second kappa shape index (κ2) is 9.56. The summed E-state index contributed by atoms with van der Waals surface area (Å²) in [7, 11) is 0. The van der Waals surface area contributed by atoms with E-state index < -0.39 is 0 Å². The molecule has 1 aliphatic rings. The Labute approximate surface area is 193 Å². The Balaban J connectivity index is 1.33. The van der Waals surface area contributed by atoms with Crippen LogP contribution in [0.1, 0.15) is 19.3 Å². The number of nitrogens with two attached hydrogens (primary N) is 1. The minimum Gasteiger partial charge on any atom is -0.457 e. The summed E-state index contributed by atoms with van der Waals surface area (Å²) in [6, 6.07) is 23.4. The highest BCUT2D eigenvalue weighted by molar-refractivity contribution is 5.67. The maximum atomic E-state index is 6.14. The lowest BCUT2D eigenvalue weighted by Crippen LogP contribution is -2.30. The minimum atomic E-state index is 0.216. The molecule has 0 radical (unpaired) electrons. The maximum absolute atomic E-state index is 6.14. The van der Waals surface area contributed by atoms with Gasteiger partial charge in [0.25, 0.3) is 0 Å². The third kappa shape index (κ3) is 5.20. The van der Waals surface area contributed by atoms with Gasteiger partial charge in [-0.1, -0.05) is 36.4 Å². The van der Waals surface area contributed by atoms with E-state index in [2.05, 4.69) is 25.2 Å². The second-order valence-electron chi connectivity index (χ2n) is 8.01. The zero-order chi connectivity index (χ0) is 22.5. The summed E-state index contributed by atoms with van der Waals surface area (Å²) in [6.07, 6.45) is 5.51. The van der Waals surface area contributed by atoms with E-state index in [9.17, 15) is 0 Å². The summed E-state index contributed by atoms with van der Waals surface area (Å²) in [5, 5.41) is 3.31. The summed E-state index contributed by atoms with van der Waals surface area (Å²) < 4.78 is 6.14. The van der Waals surface area contributed by atoms with Crippen LogP contribution in [0.2, 0.25) is 0 Å². The molecule has 0 unspecified atom stereocenters. The average Bonchev–Trinajstić information content (AvgIpc) is 2.85. The Bertz CT molecular complexity index is 1220. The molecule has 2 aromatic heterocycles. The molecule has 1 fully saturated rings. The Hall–Kier alpha value is -4.13. The Morgan fingerprint density at radius 2 is 1.64 bits per heavy atom. The van der Waals surface area contributed by atoms with Gasteiger partial charge in [-0.3, -0.25) is 0 Å². The highest BCUT2D eigenvalue weighted by atomic mass is 16.5. The molecule has 5 rings (SSSR count). The molecular weight excluding hydrogens is 412 g/mol. The number of nitrogens with one attached hydrogen (secondary N) is 1. The van der Waals surface area contributed by atoms with E-state index in [0.717, 1.165) is 47.4 Å². The van der Waals surface area contributed by atoms with Gasteiger partial charge in [-0.2, -0.15) is 4.98 Å². The number of ether oxygens (including phenoxy) is 1. The lowest BCUT2D eigenvalue weighted by atomic mass is 10.1. The largest absolute Gasteiger partial charge is 0.457 e. The number of benzene rings is 2. The predicted molar refractivity (Wildman–Crippen MR) is 132 cm³/mol. The zero-order valence-electron chi connectivity index (χ0n) is 18.3. The normalized spacial score (nSPS) is 13.5. The molecule has 0 spiro atoms. The molecule has 33 heavy (non-hydrogen) atoms. The molecule has 4 aromatic rings. The molecule has 166 valence electrons. The number of aromatic nitrogens is 3. The van der Waals surface area contributed by atoms with Crippen LogP contribution in [-0.4, -0.2) is 28.0 Å². The molecule has 0 aliphatic carbocycles. The topological polar surface area (TPSA) is 89.2 Å². The van der Waals surface area contributed by atoms with Crippen LogP contribution in [-0.2, 0) is 0 Å². The van der Waals surface area contributed by atoms with Gasteiger partial charge < -0.3 is 20.7 Å². The third-order valence-corrected chi connectivity index (χ3v) is 5.55. The number of nitrogens with zero attached hydrogens (tertiary/aromatic N) is 4. The van der Waals surface area contributed by atoms with Gasteiger partial charge in [0.1, 0.15) is 23.1 Å². The molecule has 0 bridgehead atoms. The van der Waals surface area contributed by atoms with Gasteiger partial charge in [-0.25, -0.2) is 9.97 Å². The molecule has 1 aliphatic heterocycles. The third-order valence-electron chi connectivity index (χ3n) is 5.55. The quantitative estimate of drug-likeness (QED) is 0.402. The van der Waals surface area contributed by atoms with Crippen molar-refractivity contribution in [1.82, 2.24) is 15.0 Å². The first-order valence-electron chi connectivity index (χ1n) is 11.2. The highest BCUT2D eigenvalue weighted by Crippen LogP contribution is 2.29. The van der Waals surface area contributed by atoms with E-state index in [1.54, 1.807) is 6.20 Å². The van der Waals surface area contributed by atoms with Crippen molar-refractivity contribution in [2.24, 2.45) is 0 Å². The Kier molecular flexibility index (Phi) is 6.01. The van der Waals surface area contributed by atoms with Gasteiger partial charge in [-0.15, -0.1) is 0 Å². The van der Waals surface area contributed by atoms with Crippen molar-refractivity contribution in [3.05, 3.63) is 79.0 Å². The van der Waals surface area contributed by atoms with Crippen LogP contribution in [0.15, 0.2) is 79.0 Å². The first-order chi connectivity index (χ1) is 16.2. The smallest absolute Gasteiger partial charge is 0.222 e. The number of hydrogen-bond acceptors (Lipinski definition) is 7. The number of hydrogen-bond donors (Lipinski definition) is 2. The fraction of sp³-hybridized carbons (Fsp3) is 0.192. The molecular formula is C26H26N6O. The molecule has 2 aromatic carbocycles. The van der Waals surface area contributed by atoms with Crippen molar-refractivity contribution >= 4 is 23.3 Å². The molecule has 0 atom stereocenters. The Morgan fingerprint density at radius 1 is 0.818 bits per heavy atom. The van der Waals surface area contributed by atoms with Gasteiger partial charge >= 0.3 is 0 Å². The van der Waals surface area contributed by atoms with E-state index in [1.165, 1.54) is 19.3 Å². The summed E-state index contributed by atoms with van der Waals surface area (Å²) in [6.45, 7) is 2.09. The van der Waals surface area contributed by atoms with Crippen molar-refractivity contribution in [2.45, 2.75) is 19.3 Å². The number of nitrogen functional groups attached to an aromatic ring is 1. The first-order valence-corrected chi connectivity index (χ1v) is 11.2. The summed E-state index contributed by atoms with van der Waals surface area (Å²) >= 11 is 0. The van der Waals surface area contributed by atoms with Gasteiger partial charge in [0.15, 0.2) is 0 Å². The fourth-order valence-electron chi connectivity index (χ4n) is 3.97. The van der Waals surface area contributed by atoms with E-state index in [4.69, 9.17) is 10.5 Å². The van der Waals surface area contributed by atoms with Gasteiger partial charge in [-0.05, 0) is 37.5 Å². The van der Waals surface area contributed by atoms with Gasteiger partial charge in [0.05, 0.1) is 5.69 Å². The molecule has 1 saturated heterocycles. The SMILES string of the molecule is Nc1nc(Nc2cccc(Oc3ccnc(N4CCCCC4)c3)c2)cc(-c2ccccc2)n1. The van der Waals surface area contributed by atoms with Crippen molar-refractivity contribution in [2.75, 3.05) is 29.0 Å². The van der Waals surface area contributed by atoms with Crippen LogP contribution in [0.3, 0.4) is 0 Å². The molecule has 0 saturated carbocycles. The zero-order valence-corrected chi connectivity index (χ0v) is 18.3. The lowest BCUT2D eigenvalue weighted by molar-refractivity contribution is 0.481. The summed E-state index contributed by atoms with van der Waals surface area (Å²) in [4.78, 5) is 15.5. The maximum Gasteiger partial charge on any atom is 0.222 e. The molecule has 0 amide bonds. The van der Waals surface area contributed by atoms with E-state index >= 15 is 0 Å². The van der Waals surface area contributed by atoms with Crippen molar-refractivity contribution in [3.8, 4) is 22.8 Å². The van der Waals surface area contributed by atoms with Crippen LogP contribution in [0.25, 0.3) is 11.3 Å². The highest BCUT2D eigenvalue weighted by Gasteiger charge is 2.13. The number of pyridine rings is 1. The molecule has 3 heterocycles. The van der Waals surface area contributed by atoms with Crippen molar-refractivity contribution in [3.63, 3.8) is 0 Å². The van der Waals surface area contributed by atoms with Gasteiger partial charge in [0.2, 0.25) is 5.95 Å². The van der Waals surface area contributed by atoms with Crippen LogP contribution in [0.4, 0.5) is 23.3 Å². The first kappa shape index (κ1) is 20.8. The van der Waals surface area contributed by atoms with Crippen molar-refractivity contribution in [1.29, 1.82) is 0 Å². The molecule has 3 N–H and O–H groups in total. The lowest BCUT2D eigenvalue weighted by Gasteiger charge is -2.27. The minimum absolute atomic E-state index is 0.216. The van der Waals surface area contributed by atoms with E-state index in [0.29, 0.717) is 5.82 Å². The predicted octanol–water partition coefficient (Wildman–Crippen LogP) is 5.65. The summed E-state index contributed by atoms with van der Waals surface area (Å²) in [5.41, 5.74) is 8.55. The number of piperidine rings is 1. The molecule has 7 nitrogen and oxygen atoms in total. The number of rotatable bonds is 6. The summed E-state index contributed by atoms with van der Waals surface area (Å²) in [5.74, 6) is 3.29. The van der Waals surface area contributed by atoms with E-state index in [1.807, 2.05) is 72.8 Å². The Morgan fingerprint density at radius 3 is 2.48 bits per heavy atom. The van der Waals surface area contributed by atoms with Crippen LogP contribution in [0.5, 0.6) is 11.5 Å². The average molecular weight is 439 g/mol. The van der Waals surface area contributed by atoms with Crippen LogP contribution in [0, 0.1) is 0 Å². The second-order valence-corrected chi connectivity index (χ2v) is 8.01. The van der Waals surface area contributed by atoms with Gasteiger partial charge in [0, 0.05) is 48.7 Å². The van der Waals surface area contributed by atoms with Crippen LogP contribution >= 0.6 is 0 Å². The monoisotopic (exact) mass is 438 g/mol. The standard InChI is InChI=1S/C26H26N6O/c27-26-30-23(19-8-3-1-4-9-19)18-24(31-26)29-20-10-7-11-21(16-20)33-22-12-13-28-25(17-22)32-14-5-2-6-15-32/h1,3-4,7-13,16-18H,2,5-6,14-15H2,(H3,27,29,30,31). The molecule has 7 heteroatoms. The van der Waals surface area contributed by atoms with Crippen LogP contribution < -0.4 is 20.7 Å². The van der Waals surface area contributed by atoms with E-state index in [-0.39, 0.29) is 5.95 Å². The fourth-order valence-corrected chi connectivity index (χ4v) is 3.97. The van der Waals surface area contributed by atoms with Crippen molar-refractivity contribution < 1.29 is 4.74 Å². The number of anilines is 4.